The number of rotatable bonds is 6. The molecule has 24 heavy (non-hydrogen) atoms. The van der Waals surface area contributed by atoms with E-state index in [-0.39, 0.29) is 12.0 Å². The van der Waals surface area contributed by atoms with Crippen molar-refractivity contribution in [3.8, 4) is 0 Å². The van der Waals surface area contributed by atoms with Crippen molar-refractivity contribution in [2.24, 2.45) is 0 Å². The van der Waals surface area contributed by atoms with Gasteiger partial charge < -0.3 is 10.1 Å². The summed E-state index contributed by atoms with van der Waals surface area (Å²) < 4.78 is 33.6. The summed E-state index contributed by atoms with van der Waals surface area (Å²) in [5.41, 5.74) is 0. The largest absolute Gasteiger partial charge is 0.376 e. The van der Waals surface area contributed by atoms with Crippen LogP contribution in [0.4, 0.5) is 0 Å². The molecule has 3 heterocycles. The van der Waals surface area contributed by atoms with Gasteiger partial charge in [0.1, 0.15) is 0 Å². The molecule has 0 aromatic heterocycles. The van der Waals surface area contributed by atoms with Crippen LogP contribution in [0, 0.1) is 0 Å². The van der Waals surface area contributed by atoms with E-state index in [0.29, 0.717) is 52.4 Å². The second-order valence-electron chi connectivity index (χ2n) is 6.73. The number of hydrogen-bond acceptors (Lipinski definition) is 5. The summed E-state index contributed by atoms with van der Waals surface area (Å²) in [6.07, 6.45) is 4.12. The van der Waals surface area contributed by atoms with Gasteiger partial charge in [-0.1, -0.05) is 0 Å². The minimum Gasteiger partial charge on any atom is -0.376 e. The molecule has 1 atom stereocenters. The highest BCUT2D eigenvalue weighted by Crippen LogP contribution is 2.18. The van der Waals surface area contributed by atoms with E-state index in [1.165, 1.54) is 0 Å². The molecule has 0 radical (unpaired) electrons. The summed E-state index contributed by atoms with van der Waals surface area (Å²) in [6, 6.07) is 0. The van der Waals surface area contributed by atoms with Crippen LogP contribution in [0.3, 0.4) is 0 Å². The number of carbonyl (C=O) groups is 1. The van der Waals surface area contributed by atoms with E-state index in [1.807, 2.05) is 4.90 Å². The van der Waals surface area contributed by atoms with Gasteiger partial charge in [-0.15, -0.1) is 0 Å². The first-order valence-electron chi connectivity index (χ1n) is 8.91. The zero-order valence-corrected chi connectivity index (χ0v) is 15.0. The summed E-state index contributed by atoms with van der Waals surface area (Å²) >= 11 is 0. The first-order chi connectivity index (χ1) is 11.6. The first kappa shape index (κ1) is 18.1. The lowest BCUT2D eigenvalue weighted by molar-refractivity contribution is -0.123. The van der Waals surface area contributed by atoms with Crippen molar-refractivity contribution >= 4 is 16.1 Å². The van der Waals surface area contributed by atoms with E-state index < -0.39 is 10.2 Å². The van der Waals surface area contributed by atoms with Gasteiger partial charge in [0.15, 0.2) is 0 Å². The summed E-state index contributed by atoms with van der Waals surface area (Å²) in [7, 11) is -3.31. The minimum absolute atomic E-state index is 0.0126. The Morgan fingerprint density at radius 3 is 2.29 bits per heavy atom. The van der Waals surface area contributed by atoms with E-state index in [9.17, 15) is 13.2 Å². The molecule has 0 saturated carbocycles. The highest BCUT2D eigenvalue weighted by Gasteiger charge is 2.34. The Morgan fingerprint density at radius 2 is 1.67 bits per heavy atom. The van der Waals surface area contributed by atoms with Gasteiger partial charge in [0.05, 0.1) is 12.6 Å². The van der Waals surface area contributed by atoms with Crippen molar-refractivity contribution in [2.75, 3.05) is 59.0 Å². The van der Waals surface area contributed by atoms with Crippen molar-refractivity contribution in [2.45, 2.75) is 31.8 Å². The smallest absolute Gasteiger partial charge is 0.282 e. The van der Waals surface area contributed by atoms with Crippen LogP contribution in [0.1, 0.15) is 25.7 Å². The molecule has 1 N–H and O–H groups in total. The lowest BCUT2D eigenvalue weighted by Gasteiger charge is -2.35. The molecule has 3 fully saturated rings. The normalized spacial score (nSPS) is 27.6. The lowest BCUT2D eigenvalue weighted by Crippen LogP contribution is -2.54. The fourth-order valence-corrected chi connectivity index (χ4v) is 5.16. The molecule has 3 rings (SSSR count). The van der Waals surface area contributed by atoms with Crippen molar-refractivity contribution in [1.29, 1.82) is 0 Å². The minimum atomic E-state index is -3.31. The monoisotopic (exact) mass is 360 g/mol. The van der Waals surface area contributed by atoms with Gasteiger partial charge in [0.25, 0.3) is 10.2 Å². The highest BCUT2D eigenvalue weighted by molar-refractivity contribution is 7.86. The Balaban J connectivity index is 1.39. The number of carbonyl (C=O) groups excluding carboxylic acids is 1. The average molecular weight is 360 g/mol. The van der Waals surface area contributed by atoms with Crippen LogP contribution >= 0.6 is 0 Å². The van der Waals surface area contributed by atoms with Crippen molar-refractivity contribution in [1.82, 2.24) is 18.8 Å². The van der Waals surface area contributed by atoms with Crippen molar-refractivity contribution in [3.05, 3.63) is 0 Å². The molecular formula is C15H28N4O4S. The molecule has 3 saturated heterocycles. The highest BCUT2D eigenvalue weighted by atomic mass is 32.2. The molecule has 3 aliphatic heterocycles. The predicted molar refractivity (Wildman–Crippen MR) is 89.7 cm³/mol. The SMILES string of the molecule is O=C(CN1CCN(S(=O)(=O)N2CCCC2)CC1)NCC1CCCO1. The first-order valence-corrected chi connectivity index (χ1v) is 10.3. The number of piperazine rings is 1. The van der Waals surface area contributed by atoms with E-state index in [0.717, 1.165) is 32.3 Å². The zero-order chi connectivity index (χ0) is 17.0. The maximum atomic E-state index is 12.5. The standard InChI is InChI=1S/C15H28N4O4S/c20-15(16-12-14-4-3-11-23-14)13-17-7-9-19(10-8-17)24(21,22)18-5-1-2-6-18/h14H,1-13H2,(H,16,20). The molecule has 0 aromatic rings. The van der Waals surface area contributed by atoms with E-state index in [2.05, 4.69) is 5.32 Å². The van der Waals surface area contributed by atoms with Crippen LogP contribution in [0.25, 0.3) is 0 Å². The number of amides is 1. The van der Waals surface area contributed by atoms with Gasteiger partial charge in [-0.25, -0.2) is 0 Å². The molecule has 1 amide bonds. The average Bonchev–Trinajstić information content (AvgIpc) is 3.27. The second-order valence-corrected chi connectivity index (χ2v) is 8.66. The molecule has 1 unspecified atom stereocenters. The predicted octanol–water partition coefficient (Wildman–Crippen LogP) is -0.760. The Kier molecular flexibility index (Phi) is 6.09. The summed E-state index contributed by atoms with van der Waals surface area (Å²) in [6.45, 7) is 5.05. The second kappa shape index (κ2) is 8.09. The van der Waals surface area contributed by atoms with Crippen molar-refractivity contribution in [3.63, 3.8) is 0 Å². The maximum Gasteiger partial charge on any atom is 0.282 e. The summed E-state index contributed by atoms with van der Waals surface area (Å²) in [5, 5.41) is 2.91. The third kappa shape index (κ3) is 4.45. The third-order valence-corrected chi connectivity index (χ3v) is 7.00. The zero-order valence-electron chi connectivity index (χ0n) is 14.2. The number of nitrogens with zero attached hydrogens (tertiary/aromatic N) is 3. The quantitative estimate of drug-likeness (QED) is 0.673. The summed E-state index contributed by atoms with van der Waals surface area (Å²) in [5.74, 6) is -0.0126. The van der Waals surface area contributed by atoms with Crippen LogP contribution in [-0.4, -0.2) is 92.9 Å². The van der Waals surface area contributed by atoms with Gasteiger partial charge in [-0.3, -0.25) is 9.69 Å². The number of hydrogen-bond donors (Lipinski definition) is 1. The fraction of sp³-hybridized carbons (Fsp3) is 0.933. The molecule has 0 aromatic carbocycles. The summed E-state index contributed by atoms with van der Waals surface area (Å²) in [4.78, 5) is 14.0. The van der Waals surface area contributed by atoms with E-state index in [1.54, 1.807) is 8.61 Å². The van der Waals surface area contributed by atoms with Crippen LogP contribution in [0.15, 0.2) is 0 Å². The third-order valence-electron chi connectivity index (χ3n) is 4.97. The number of nitrogens with one attached hydrogen (secondary N) is 1. The van der Waals surface area contributed by atoms with E-state index >= 15 is 0 Å². The molecule has 0 bridgehead atoms. The van der Waals surface area contributed by atoms with Gasteiger partial charge in [0, 0.05) is 52.4 Å². The maximum absolute atomic E-state index is 12.5. The van der Waals surface area contributed by atoms with Gasteiger partial charge in [-0.2, -0.15) is 17.0 Å². The molecule has 138 valence electrons. The van der Waals surface area contributed by atoms with E-state index in [4.69, 9.17) is 4.74 Å². The molecular weight excluding hydrogens is 332 g/mol. The van der Waals surface area contributed by atoms with Crippen LogP contribution in [-0.2, 0) is 19.7 Å². The van der Waals surface area contributed by atoms with Gasteiger partial charge >= 0.3 is 0 Å². The lowest BCUT2D eigenvalue weighted by atomic mass is 10.2. The van der Waals surface area contributed by atoms with Gasteiger partial charge in [-0.05, 0) is 25.7 Å². The Labute approximate surface area is 144 Å². The Bertz CT molecular complexity index is 522. The fourth-order valence-electron chi connectivity index (χ4n) is 3.49. The Hall–Kier alpha value is -0.740. The molecule has 3 aliphatic rings. The topological polar surface area (TPSA) is 82.2 Å². The van der Waals surface area contributed by atoms with Crippen molar-refractivity contribution < 1.29 is 17.9 Å². The van der Waals surface area contributed by atoms with Gasteiger partial charge in [0.2, 0.25) is 5.91 Å². The molecule has 9 heteroatoms. The Morgan fingerprint density at radius 1 is 1.00 bits per heavy atom. The molecule has 8 nitrogen and oxygen atoms in total. The molecule has 0 aliphatic carbocycles. The van der Waals surface area contributed by atoms with Crippen LogP contribution in [0.2, 0.25) is 0 Å². The number of ether oxygens (including phenoxy) is 1. The van der Waals surface area contributed by atoms with Crippen LogP contribution in [0.5, 0.6) is 0 Å². The molecule has 0 spiro atoms. The van der Waals surface area contributed by atoms with Crippen LogP contribution < -0.4 is 5.32 Å².